The minimum atomic E-state index is -0.460. The number of carbonyl (C=O) groups excluding carboxylic acids is 2. The number of amides is 2. The van der Waals surface area contributed by atoms with Crippen molar-refractivity contribution in [3.63, 3.8) is 0 Å². The van der Waals surface area contributed by atoms with Crippen LogP contribution < -0.4 is 10.6 Å². The summed E-state index contributed by atoms with van der Waals surface area (Å²) in [7, 11) is 0. The molecule has 0 aromatic heterocycles. The van der Waals surface area contributed by atoms with E-state index < -0.39 is 11.8 Å². The summed E-state index contributed by atoms with van der Waals surface area (Å²) in [6.45, 7) is 0. The summed E-state index contributed by atoms with van der Waals surface area (Å²) in [6.07, 6.45) is -0.327. The first-order chi connectivity index (χ1) is 10.4. The molecule has 2 amide bonds. The maximum atomic E-state index is 11.8. The first-order valence-corrected chi connectivity index (χ1v) is 7.38. The summed E-state index contributed by atoms with van der Waals surface area (Å²) >= 11 is 17.5. The van der Waals surface area contributed by atoms with Crippen LogP contribution in [0.25, 0.3) is 0 Å². The van der Waals surface area contributed by atoms with E-state index in [2.05, 4.69) is 10.6 Å². The molecule has 0 fully saturated rings. The van der Waals surface area contributed by atoms with Gasteiger partial charge in [0, 0.05) is 16.4 Å². The molecule has 2 N–H and O–H groups in total. The van der Waals surface area contributed by atoms with Gasteiger partial charge in [0.15, 0.2) is 0 Å². The van der Waals surface area contributed by atoms with Gasteiger partial charge in [0.05, 0.1) is 10.0 Å². The van der Waals surface area contributed by atoms with Crippen molar-refractivity contribution in [2.45, 2.75) is 6.42 Å². The van der Waals surface area contributed by atoms with Gasteiger partial charge in [-0.3, -0.25) is 9.59 Å². The fourth-order valence-electron chi connectivity index (χ4n) is 1.70. The first kappa shape index (κ1) is 16.6. The Bertz CT molecular complexity index is 720. The Balaban J connectivity index is 1.91. The van der Waals surface area contributed by atoms with Gasteiger partial charge < -0.3 is 10.6 Å². The summed E-state index contributed by atoms with van der Waals surface area (Å²) in [5.74, 6) is -0.905. The third-order valence-electron chi connectivity index (χ3n) is 2.63. The lowest BCUT2D eigenvalue weighted by atomic mass is 10.3. The highest BCUT2D eigenvalue weighted by atomic mass is 35.5. The predicted octanol–water partition coefficient (Wildman–Crippen LogP) is 4.61. The maximum Gasteiger partial charge on any atom is 0.233 e. The molecule has 0 saturated heterocycles. The maximum absolute atomic E-state index is 11.8. The van der Waals surface area contributed by atoms with Crippen molar-refractivity contribution in [3.8, 4) is 0 Å². The van der Waals surface area contributed by atoms with Crippen LogP contribution in [0.15, 0.2) is 42.5 Å². The molecule has 0 atom stereocenters. The lowest BCUT2D eigenvalue weighted by molar-refractivity contribution is -0.123. The fraction of sp³-hybridized carbons (Fsp3) is 0.0667. The molecule has 0 saturated carbocycles. The lowest BCUT2D eigenvalue weighted by Crippen LogP contribution is -2.21. The normalized spacial score (nSPS) is 10.1. The second-order valence-corrected chi connectivity index (χ2v) is 5.66. The third-order valence-corrected chi connectivity index (χ3v) is 3.61. The van der Waals surface area contributed by atoms with Gasteiger partial charge in [-0.15, -0.1) is 0 Å². The molecule has 0 unspecified atom stereocenters. The Labute approximate surface area is 142 Å². The molecule has 4 nitrogen and oxygen atoms in total. The van der Waals surface area contributed by atoms with E-state index in [-0.39, 0.29) is 6.42 Å². The zero-order chi connectivity index (χ0) is 16.1. The van der Waals surface area contributed by atoms with Crippen molar-refractivity contribution in [2.75, 3.05) is 10.6 Å². The Hall–Kier alpha value is -1.75. The number of nitrogens with one attached hydrogen (secondary N) is 2. The van der Waals surface area contributed by atoms with E-state index >= 15 is 0 Å². The van der Waals surface area contributed by atoms with Crippen molar-refractivity contribution in [1.82, 2.24) is 0 Å². The molecular formula is C15H11Cl3N2O2. The zero-order valence-electron chi connectivity index (χ0n) is 11.2. The summed E-state index contributed by atoms with van der Waals surface area (Å²) < 4.78 is 0. The molecule has 0 bridgehead atoms. The van der Waals surface area contributed by atoms with Gasteiger partial charge in [0.1, 0.15) is 6.42 Å². The number of halogens is 3. The van der Waals surface area contributed by atoms with E-state index in [4.69, 9.17) is 34.8 Å². The number of carbonyl (C=O) groups is 2. The topological polar surface area (TPSA) is 58.2 Å². The monoisotopic (exact) mass is 356 g/mol. The molecule has 2 aromatic rings. The van der Waals surface area contributed by atoms with E-state index in [1.807, 2.05) is 0 Å². The number of hydrogen-bond donors (Lipinski definition) is 2. The lowest BCUT2D eigenvalue weighted by Gasteiger charge is -2.07. The van der Waals surface area contributed by atoms with Crippen LogP contribution in [0, 0.1) is 0 Å². The van der Waals surface area contributed by atoms with Crippen LogP contribution in [0.5, 0.6) is 0 Å². The van der Waals surface area contributed by atoms with Gasteiger partial charge in [0.25, 0.3) is 0 Å². The van der Waals surface area contributed by atoms with Crippen molar-refractivity contribution in [2.24, 2.45) is 0 Å². The van der Waals surface area contributed by atoms with Gasteiger partial charge in [-0.25, -0.2) is 0 Å². The second-order valence-electron chi connectivity index (χ2n) is 4.41. The van der Waals surface area contributed by atoms with E-state index in [0.29, 0.717) is 26.4 Å². The van der Waals surface area contributed by atoms with Crippen LogP contribution in [-0.4, -0.2) is 11.8 Å². The molecule has 0 aliphatic carbocycles. The van der Waals surface area contributed by atoms with Crippen molar-refractivity contribution in [1.29, 1.82) is 0 Å². The zero-order valence-corrected chi connectivity index (χ0v) is 13.5. The highest BCUT2D eigenvalue weighted by Gasteiger charge is 2.11. The van der Waals surface area contributed by atoms with Crippen LogP contribution in [0.2, 0.25) is 15.1 Å². The molecule has 2 aromatic carbocycles. The summed E-state index contributed by atoms with van der Waals surface area (Å²) in [5.41, 5.74) is 0.995. The molecule has 0 aliphatic heterocycles. The second kappa shape index (κ2) is 7.49. The van der Waals surface area contributed by atoms with Crippen LogP contribution in [0.1, 0.15) is 6.42 Å². The molecule has 0 heterocycles. The van der Waals surface area contributed by atoms with E-state index in [1.165, 1.54) is 6.07 Å². The highest BCUT2D eigenvalue weighted by Crippen LogP contribution is 2.25. The Morgan fingerprint density at radius 2 is 1.45 bits per heavy atom. The number of rotatable bonds is 4. The minimum Gasteiger partial charge on any atom is -0.326 e. The summed E-state index contributed by atoms with van der Waals surface area (Å²) in [6, 6.07) is 11.3. The quantitative estimate of drug-likeness (QED) is 0.785. The molecule has 114 valence electrons. The molecule has 0 aliphatic rings. The fourth-order valence-corrected chi connectivity index (χ4v) is 2.18. The van der Waals surface area contributed by atoms with E-state index in [0.717, 1.165) is 0 Å². The third kappa shape index (κ3) is 4.91. The summed E-state index contributed by atoms with van der Waals surface area (Å²) in [5, 5.41) is 6.37. The average Bonchev–Trinajstić information content (AvgIpc) is 2.42. The van der Waals surface area contributed by atoms with Gasteiger partial charge >= 0.3 is 0 Å². The summed E-state index contributed by atoms with van der Waals surface area (Å²) in [4.78, 5) is 23.6. The molecular weight excluding hydrogens is 347 g/mol. The van der Waals surface area contributed by atoms with Gasteiger partial charge in [-0.05, 0) is 36.4 Å². The standard InChI is InChI=1S/C15H11Cl3N2O2/c16-9-2-1-3-10(6-9)19-14(21)8-15(22)20-11-4-5-12(17)13(18)7-11/h1-7H,8H2,(H,19,21)(H,20,22). The van der Waals surface area contributed by atoms with Gasteiger partial charge in [0.2, 0.25) is 11.8 Å². The predicted molar refractivity (Wildman–Crippen MR) is 89.8 cm³/mol. The average molecular weight is 358 g/mol. The van der Waals surface area contributed by atoms with E-state index in [9.17, 15) is 9.59 Å². The Kier molecular flexibility index (Phi) is 5.66. The van der Waals surface area contributed by atoms with E-state index in [1.54, 1.807) is 36.4 Å². The van der Waals surface area contributed by atoms with Crippen LogP contribution >= 0.6 is 34.8 Å². The molecule has 0 radical (unpaired) electrons. The van der Waals surface area contributed by atoms with Gasteiger partial charge in [-0.2, -0.15) is 0 Å². The number of hydrogen-bond acceptors (Lipinski definition) is 2. The van der Waals surface area contributed by atoms with Crippen LogP contribution in [0.3, 0.4) is 0 Å². The largest absolute Gasteiger partial charge is 0.326 e. The molecule has 22 heavy (non-hydrogen) atoms. The minimum absolute atomic E-state index is 0.322. The van der Waals surface area contributed by atoms with Crippen molar-refractivity contribution in [3.05, 3.63) is 57.5 Å². The van der Waals surface area contributed by atoms with Crippen molar-refractivity contribution < 1.29 is 9.59 Å². The Morgan fingerprint density at radius 3 is 2.05 bits per heavy atom. The highest BCUT2D eigenvalue weighted by molar-refractivity contribution is 6.42. The van der Waals surface area contributed by atoms with Gasteiger partial charge in [-0.1, -0.05) is 40.9 Å². The first-order valence-electron chi connectivity index (χ1n) is 6.24. The smallest absolute Gasteiger partial charge is 0.233 e. The molecule has 2 rings (SSSR count). The Morgan fingerprint density at radius 1 is 0.818 bits per heavy atom. The van der Waals surface area contributed by atoms with Crippen molar-refractivity contribution >= 4 is 58.0 Å². The number of benzene rings is 2. The molecule has 0 spiro atoms. The molecule has 7 heteroatoms. The number of anilines is 2. The van der Waals surface area contributed by atoms with Crippen LogP contribution in [0.4, 0.5) is 11.4 Å². The SMILES string of the molecule is O=C(CC(=O)Nc1ccc(Cl)c(Cl)c1)Nc1cccc(Cl)c1. The van der Waals surface area contributed by atoms with Crippen LogP contribution in [-0.2, 0) is 9.59 Å².